The second kappa shape index (κ2) is 7.65. The minimum absolute atomic E-state index is 0.0473. The molecule has 3 aliphatic heterocycles. The third kappa shape index (κ3) is 3.16. The zero-order valence-electron chi connectivity index (χ0n) is 19.5. The molecule has 32 heavy (non-hydrogen) atoms. The van der Waals surface area contributed by atoms with Crippen molar-refractivity contribution in [1.29, 1.82) is 0 Å². The van der Waals surface area contributed by atoms with Crippen LogP contribution in [0.15, 0.2) is 0 Å². The Morgan fingerprint density at radius 2 is 1.88 bits per heavy atom. The van der Waals surface area contributed by atoms with Crippen molar-refractivity contribution < 1.29 is 38.4 Å². The van der Waals surface area contributed by atoms with Crippen molar-refractivity contribution in [3.8, 4) is 0 Å². The predicted octanol–water partition coefficient (Wildman–Crippen LogP) is 2.55. The summed E-state index contributed by atoms with van der Waals surface area (Å²) in [5.74, 6) is -0.169. The Bertz CT molecular complexity index is 766. The smallest absolute Gasteiger partial charge is 0.302 e. The van der Waals surface area contributed by atoms with Gasteiger partial charge in [0.05, 0.1) is 18.1 Å². The molecule has 0 amide bonds. The van der Waals surface area contributed by atoms with E-state index in [1.165, 1.54) is 13.8 Å². The van der Waals surface area contributed by atoms with E-state index in [0.717, 1.165) is 25.7 Å². The Kier molecular flexibility index (Phi) is 5.40. The number of rotatable bonds is 4. The molecule has 5 aliphatic rings. The molecule has 2 saturated carbocycles. The van der Waals surface area contributed by atoms with Gasteiger partial charge in [-0.05, 0) is 37.5 Å². The van der Waals surface area contributed by atoms with Crippen LogP contribution in [0.5, 0.6) is 0 Å². The van der Waals surface area contributed by atoms with Crippen LogP contribution in [0.25, 0.3) is 0 Å². The fourth-order valence-corrected chi connectivity index (χ4v) is 7.79. The molecule has 0 bridgehead atoms. The first-order valence-corrected chi connectivity index (χ1v) is 12.1. The molecule has 10 atom stereocenters. The highest BCUT2D eigenvalue weighted by Gasteiger charge is 2.76. The number of carbonyl (C=O) groups is 2. The molecule has 0 aromatic rings. The molecule has 8 nitrogen and oxygen atoms in total. The topological polar surface area (TPSA) is 104 Å². The molecule has 5 rings (SSSR count). The average Bonchev–Trinajstić information content (AvgIpc) is 3.24. The van der Waals surface area contributed by atoms with E-state index in [0.29, 0.717) is 19.4 Å². The summed E-state index contributed by atoms with van der Waals surface area (Å²) in [5, 5.41) is 9.88. The quantitative estimate of drug-likeness (QED) is 0.513. The summed E-state index contributed by atoms with van der Waals surface area (Å²) in [6.07, 6.45) is 3.35. The van der Waals surface area contributed by atoms with E-state index < -0.39 is 17.3 Å². The second-order valence-corrected chi connectivity index (χ2v) is 11.0. The van der Waals surface area contributed by atoms with Crippen LogP contribution in [0, 0.1) is 28.6 Å². The van der Waals surface area contributed by atoms with Crippen LogP contribution in [0.1, 0.15) is 66.2 Å². The van der Waals surface area contributed by atoms with Gasteiger partial charge < -0.3 is 28.8 Å². The molecule has 5 fully saturated rings. The highest BCUT2D eigenvalue weighted by molar-refractivity contribution is 5.67. The highest BCUT2D eigenvalue weighted by Crippen LogP contribution is 2.70. The zero-order chi connectivity index (χ0) is 22.9. The van der Waals surface area contributed by atoms with Crippen LogP contribution in [0.4, 0.5) is 0 Å². The lowest BCUT2D eigenvalue weighted by molar-refractivity contribution is -0.263. The largest absolute Gasteiger partial charge is 0.465 e. The fourth-order valence-electron chi connectivity index (χ4n) is 7.79. The van der Waals surface area contributed by atoms with Crippen molar-refractivity contribution in [2.75, 3.05) is 13.2 Å². The molecule has 1 N–H and O–H groups in total. The zero-order valence-corrected chi connectivity index (χ0v) is 19.5. The van der Waals surface area contributed by atoms with E-state index in [2.05, 4.69) is 13.8 Å². The van der Waals surface area contributed by atoms with Gasteiger partial charge in [-0.25, -0.2) is 0 Å². The van der Waals surface area contributed by atoms with Gasteiger partial charge >= 0.3 is 11.9 Å². The first-order valence-electron chi connectivity index (χ1n) is 12.1. The van der Waals surface area contributed by atoms with E-state index in [4.69, 9.17) is 23.7 Å². The Balaban J connectivity index is 1.55. The Morgan fingerprint density at radius 1 is 1.12 bits per heavy atom. The Labute approximate surface area is 189 Å². The molecule has 3 heterocycles. The maximum Gasteiger partial charge on any atom is 0.302 e. The van der Waals surface area contributed by atoms with Gasteiger partial charge in [-0.1, -0.05) is 20.3 Å². The highest BCUT2D eigenvalue weighted by atomic mass is 16.7. The molecule has 0 aromatic heterocycles. The molecular weight excluding hydrogens is 416 g/mol. The number of epoxide rings is 1. The maximum absolute atomic E-state index is 12.1. The van der Waals surface area contributed by atoms with Gasteiger partial charge in [0, 0.05) is 31.6 Å². The van der Waals surface area contributed by atoms with Crippen molar-refractivity contribution in [3.63, 3.8) is 0 Å². The third-order valence-electron chi connectivity index (χ3n) is 9.50. The molecule has 2 aliphatic carbocycles. The summed E-state index contributed by atoms with van der Waals surface area (Å²) in [5.41, 5.74) is -1.28. The van der Waals surface area contributed by atoms with Gasteiger partial charge in [0.2, 0.25) is 0 Å². The molecule has 3 saturated heterocycles. The van der Waals surface area contributed by atoms with E-state index in [9.17, 15) is 14.7 Å². The van der Waals surface area contributed by atoms with Gasteiger partial charge in [0.1, 0.15) is 18.3 Å². The number of aliphatic hydroxyl groups is 1. The summed E-state index contributed by atoms with van der Waals surface area (Å²) in [4.78, 5) is 24.1. The number of hydrogen-bond acceptors (Lipinski definition) is 8. The van der Waals surface area contributed by atoms with Crippen LogP contribution >= 0.6 is 0 Å². The normalized spacial score (nSPS) is 51.7. The number of esters is 2. The van der Waals surface area contributed by atoms with Crippen LogP contribution in [-0.2, 0) is 33.3 Å². The minimum Gasteiger partial charge on any atom is -0.465 e. The van der Waals surface area contributed by atoms with Gasteiger partial charge in [-0.15, -0.1) is 0 Å². The summed E-state index contributed by atoms with van der Waals surface area (Å²) in [7, 11) is 0. The number of hydrogen-bond donors (Lipinski definition) is 1. The van der Waals surface area contributed by atoms with Gasteiger partial charge in [-0.3, -0.25) is 9.59 Å². The summed E-state index contributed by atoms with van der Waals surface area (Å²) in [6.45, 7) is 8.15. The van der Waals surface area contributed by atoms with Crippen molar-refractivity contribution in [2.45, 2.75) is 96.6 Å². The standard InChI is InChI=1S/C24H36O8/c1-13-8-19(30-15(3)26)24(12-28-14(2)25)17(6-5-7-23(24)11-29-23)22(13,4)18-9-16-10-20(27)32-21(16)31-18/h13,16-21,27H,5-12H2,1-4H3/t13-,16+,17-,18+,19+,20?,21-,22+,23?,24+/m1/s1. The van der Waals surface area contributed by atoms with Crippen LogP contribution < -0.4 is 0 Å². The molecule has 0 aromatic carbocycles. The minimum atomic E-state index is -0.753. The molecule has 180 valence electrons. The third-order valence-corrected chi connectivity index (χ3v) is 9.50. The van der Waals surface area contributed by atoms with Crippen LogP contribution in [0.2, 0.25) is 0 Å². The average molecular weight is 453 g/mol. The molecule has 0 radical (unpaired) electrons. The molecule has 8 heteroatoms. The first kappa shape index (κ1) is 22.6. The maximum atomic E-state index is 12.1. The lowest BCUT2D eigenvalue weighted by Gasteiger charge is -2.64. The van der Waals surface area contributed by atoms with Crippen molar-refractivity contribution in [2.24, 2.45) is 28.6 Å². The van der Waals surface area contributed by atoms with Crippen molar-refractivity contribution in [1.82, 2.24) is 0 Å². The molecule has 2 unspecified atom stereocenters. The van der Waals surface area contributed by atoms with E-state index in [1.807, 2.05) is 0 Å². The summed E-state index contributed by atoms with van der Waals surface area (Å²) < 4.78 is 29.9. The van der Waals surface area contributed by atoms with Gasteiger partial charge in [-0.2, -0.15) is 0 Å². The van der Waals surface area contributed by atoms with E-state index >= 15 is 0 Å². The fraction of sp³-hybridized carbons (Fsp3) is 0.917. The SMILES string of the molecule is CC(=O)OC[C@@]12[C@@H](OC(C)=O)C[C@@H](C)[C@](C)([C@@H]3C[C@H]4CC(O)O[C@H]4O3)[C@H]1CCCC21CO1. The monoisotopic (exact) mass is 452 g/mol. The molecular formula is C24H36O8. The summed E-state index contributed by atoms with van der Waals surface area (Å²) in [6, 6.07) is 0. The predicted molar refractivity (Wildman–Crippen MR) is 111 cm³/mol. The number of ether oxygens (including phenoxy) is 5. The van der Waals surface area contributed by atoms with Gasteiger partial charge in [0.25, 0.3) is 0 Å². The van der Waals surface area contributed by atoms with E-state index in [1.54, 1.807) is 0 Å². The Hall–Kier alpha value is -1.22. The Morgan fingerprint density at radius 3 is 2.50 bits per heavy atom. The number of carbonyl (C=O) groups excluding carboxylic acids is 2. The number of fused-ring (bicyclic) bond motifs is 3. The number of aliphatic hydroxyl groups excluding tert-OH is 1. The van der Waals surface area contributed by atoms with Crippen molar-refractivity contribution in [3.05, 3.63) is 0 Å². The lowest BCUT2D eigenvalue weighted by atomic mass is 9.42. The molecule has 1 spiro atoms. The summed E-state index contributed by atoms with van der Waals surface area (Å²) >= 11 is 0. The van der Waals surface area contributed by atoms with Crippen LogP contribution in [0.3, 0.4) is 0 Å². The van der Waals surface area contributed by atoms with Crippen molar-refractivity contribution >= 4 is 11.9 Å². The van der Waals surface area contributed by atoms with Crippen LogP contribution in [-0.4, -0.2) is 60.6 Å². The lowest BCUT2D eigenvalue weighted by Crippen LogP contribution is -2.69. The van der Waals surface area contributed by atoms with E-state index in [-0.39, 0.29) is 60.2 Å². The van der Waals surface area contributed by atoms with Gasteiger partial charge in [0.15, 0.2) is 12.6 Å². The first-order chi connectivity index (χ1) is 15.1. The second-order valence-electron chi connectivity index (χ2n) is 11.0.